The van der Waals surface area contributed by atoms with Crippen LogP contribution in [0.2, 0.25) is 0 Å². The van der Waals surface area contributed by atoms with Crippen LogP contribution in [-0.2, 0) is 11.2 Å². The first-order valence-corrected chi connectivity index (χ1v) is 10.3. The number of nitrogens with zero attached hydrogens (tertiary/aromatic N) is 2. The van der Waals surface area contributed by atoms with Gasteiger partial charge >= 0.3 is 0 Å². The number of para-hydroxylation sites is 1. The summed E-state index contributed by atoms with van der Waals surface area (Å²) in [5.74, 6) is 0.939. The molecule has 2 aliphatic heterocycles. The number of rotatable bonds is 5. The van der Waals surface area contributed by atoms with E-state index in [1.807, 2.05) is 28.0 Å². The largest absolute Gasteiger partial charge is 0.492 e. The molecule has 0 saturated carbocycles. The maximum Gasteiger partial charge on any atom is 0.253 e. The van der Waals surface area contributed by atoms with Crippen molar-refractivity contribution in [2.45, 2.75) is 31.7 Å². The molecule has 0 unspecified atom stereocenters. The summed E-state index contributed by atoms with van der Waals surface area (Å²) in [4.78, 5) is 29.3. The van der Waals surface area contributed by atoms with Crippen molar-refractivity contribution in [1.82, 2.24) is 4.90 Å². The normalized spacial score (nSPS) is 17.2. The van der Waals surface area contributed by atoms with Crippen LogP contribution in [0.15, 0.2) is 48.5 Å². The van der Waals surface area contributed by atoms with Crippen LogP contribution in [0.1, 0.15) is 35.2 Å². The van der Waals surface area contributed by atoms with Gasteiger partial charge in [0, 0.05) is 43.3 Å². The Labute approximate surface area is 171 Å². The number of fused-ring (bicyclic) bond motifs is 1. The molecule has 0 radical (unpaired) electrons. The number of likely N-dealkylation sites (tertiary alicyclic amines) is 1. The van der Waals surface area contributed by atoms with E-state index in [9.17, 15) is 9.59 Å². The summed E-state index contributed by atoms with van der Waals surface area (Å²) >= 11 is 0. The molecule has 6 heteroatoms. The average Bonchev–Trinajstić information content (AvgIpc) is 2.78. The zero-order valence-electron chi connectivity index (χ0n) is 16.5. The predicted molar refractivity (Wildman–Crippen MR) is 112 cm³/mol. The highest BCUT2D eigenvalue weighted by Crippen LogP contribution is 2.32. The highest BCUT2D eigenvalue weighted by molar-refractivity contribution is 5.97. The number of ether oxygens (including phenoxy) is 1. The molecule has 6 nitrogen and oxygen atoms in total. The first-order chi connectivity index (χ1) is 14.2. The predicted octanol–water partition coefficient (Wildman–Crippen LogP) is 2.61. The Kier molecular flexibility index (Phi) is 5.81. The molecular formula is C23H27N3O3. The molecule has 2 amide bonds. The Morgan fingerprint density at radius 1 is 1.03 bits per heavy atom. The molecule has 152 valence electrons. The van der Waals surface area contributed by atoms with Gasteiger partial charge in [-0.05, 0) is 55.2 Å². The molecule has 2 heterocycles. The summed E-state index contributed by atoms with van der Waals surface area (Å²) in [6.45, 7) is 2.22. The molecule has 2 aliphatic rings. The van der Waals surface area contributed by atoms with Gasteiger partial charge in [0.05, 0.1) is 0 Å². The molecule has 0 aromatic heterocycles. The monoisotopic (exact) mass is 393 g/mol. The van der Waals surface area contributed by atoms with Crippen molar-refractivity contribution in [2.24, 2.45) is 5.73 Å². The lowest BCUT2D eigenvalue weighted by atomic mass is 9.95. The first kappa shape index (κ1) is 19.5. The number of carbonyl (C=O) groups is 2. The Hall–Kier alpha value is -2.86. The Bertz CT molecular complexity index is 873. The van der Waals surface area contributed by atoms with Crippen molar-refractivity contribution < 1.29 is 14.3 Å². The van der Waals surface area contributed by atoms with Crippen LogP contribution >= 0.6 is 0 Å². The van der Waals surface area contributed by atoms with E-state index in [-0.39, 0.29) is 17.9 Å². The fourth-order valence-electron chi connectivity index (χ4n) is 4.23. The number of amides is 2. The number of benzene rings is 2. The number of hydrogen-bond donors (Lipinski definition) is 1. The summed E-state index contributed by atoms with van der Waals surface area (Å²) in [6.07, 6.45) is 2.97. The third-order valence-corrected chi connectivity index (χ3v) is 5.73. The van der Waals surface area contributed by atoms with Gasteiger partial charge < -0.3 is 20.3 Å². The van der Waals surface area contributed by atoms with Crippen molar-refractivity contribution in [2.75, 3.05) is 31.1 Å². The minimum Gasteiger partial charge on any atom is -0.492 e. The van der Waals surface area contributed by atoms with Gasteiger partial charge in [-0.2, -0.15) is 0 Å². The standard InChI is InChI=1S/C23H27N3O3/c24-13-16-29-20-8-5-18(6-9-20)23(28)25-14-11-19(12-15-25)26-21-4-2-1-3-17(21)7-10-22(26)27/h1-6,8-9,19H,7,10-16,24H2. The Balaban J connectivity index is 1.39. The molecule has 0 aliphatic carbocycles. The third-order valence-electron chi connectivity index (χ3n) is 5.73. The first-order valence-electron chi connectivity index (χ1n) is 10.3. The van der Waals surface area contributed by atoms with Crippen LogP contribution in [0, 0.1) is 0 Å². The fraction of sp³-hybridized carbons (Fsp3) is 0.391. The quantitative estimate of drug-likeness (QED) is 0.847. The van der Waals surface area contributed by atoms with Gasteiger partial charge in [0.2, 0.25) is 5.91 Å². The van der Waals surface area contributed by atoms with Gasteiger partial charge in [0.25, 0.3) is 5.91 Å². The maximum absolute atomic E-state index is 12.9. The number of piperidine rings is 1. The highest BCUT2D eigenvalue weighted by Gasteiger charge is 2.33. The second-order valence-corrected chi connectivity index (χ2v) is 7.58. The van der Waals surface area contributed by atoms with Crippen molar-refractivity contribution in [3.8, 4) is 5.75 Å². The lowest BCUT2D eigenvalue weighted by molar-refractivity contribution is -0.119. The van der Waals surface area contributed by atoms with Crippen molar-refractivity contribution in [1.29, 1.82) is 0 Å². The number of hydrogen-bond acceptors (Lipinski definition) is 4. The van der Waals surface area contributed by atoms with Crippen LogP contribution in [0.25, 0.3) is 0 Å². The van der Waals surface area contributed by atoms with Gasteiger partial charge in [-0.3, -0.25) is 9.59 Å². The van der Waals surface area contributed by atoms with Gasteiger partial charge in [0.1, 0.15) is 12.4 Å². The molecule has 4 rings (SSSR count). The smallest absolute Gasteiger partial charge is 0.253 e. The van der Waals surface area contributed by atoms with E-state index in [0.29, 0.717) is 44.0 Å². The summed E-state index contributed by atoms with van der Waals surface area (Å²) in [6, 6.07) is 15.5. The zero-order valence-corrected chi connectivity index (χ0v) is 16.5. The molecule has 2 aromatic rings. The van der Waals surface area contributed by atoms with Gasteiger partial charge in [-0.25, -0.2) is 0 Å². The molecule has 0 bridgehead atoms. The average molecular weight is 393 g/mol. The number of anilines is 1. The summed E-state index contributed by atoms with van der Waals surface area (Å²) < 4.78 is 5.47. The van der Waals surface area contributed by atoms with Crippen molar-refractivity contribution >= 4 is 17.5 Å². The van der Waals surface area contributed by atoms with E-state index in [0.717, 1.165) is 24.9 Å². The van der Waals surface area contributed by atoms with Gasteiger partial charge in [-0.1, -0.05) is 18.2 Å². The molecular weight excluding hydrogens is 366 g/mol. The van der Waals surface area contributed by atoms with Crippen LogP contribution in [0.3, 0.4) is 0 Å². The molecule has 1 saturated heterocycles. The van der Waals surface area contributed by atoms with E-state index in [2.05, 4.69) is 6.07 Å². The van der Waals surface area contributed by atoms with E-state index < -0.39 is 0 Å². The summed E-state index contributed by atoms with van der Waals surface area (Å²) in [7, 11) is 0. The maximum atomic E-state index is 12.9. The second-order valence-electron chi connectivity index (χ2n) is 7.58. The van der Waals surface area contributed by atoms with E-state index >= 15 is 0 Å². The molecule has 0 spiro atoms. The molecule has 1 fully saturated rings. The molecule has 0 atom stereocenters. The fourth-order valence-corrected chi connectivity index (χ4v) is 4.23. The van der Waals surface area contributed by atoms with Crippen molar-refractivity contribution in [3.05, 3.63) is 59.7 Å². The van der Waals surface area contributed by atoms with Crippen LogP contribution in [0.5, 0.6) is 5.75 Å². The molecule has 29 heavy (non-hydrogen) atoms. The lowest BCUT2D eigenvalue weighted by Crippen LogP contribution is -2.50. The van der Waals surface area contributed by atoms with E-state index in [1.54, 1.807) is 24.3 Å². The van der Waals surface area contributed by atoms with Gasteiger partial charge in [-0.15, -0.1) is 0 Å². The number of nitrogens with two attached hydrogens (primary N) is 1. The topological polar surface area (TPSA) is 75.9 Å². The van der Waals surface area contributed by atoms with E-state index in [4.69, 9.17) is 10.5 Å². The summed E-state index contributed by atoms with van der Waals surface area (Å²) in [5, 5.41) is 0. The second kappa shape index (κ2) is 8.66. The Morgan fingerprint density at radius 3 is 2.48 bits per heavy atom. The lowest BCUT2D eigenvalue weighted by Gasteiger charge is -2.41. The van der Waals surface area contributed by atoms with Gasteiger partial charge in [0.15, 0.2) is 0 Å². The molecule has 2 aromatic carbocycles. The van der Waals surface area contributed by atoms with Crippen LogP contribution < -0.4 is 15.4 Å². The number of aryl methyl sites for hydroxylation is 1. The van der Waals surface area contributed by atoms with Crippen molar-refractivity contribution in [3.63, 3.8) is 0 Å². The van der Waals surface area contributed by atoms with Crippen LogP contribution in [0.4, 0.5) is 5.69 Å². The van der Waals surface area contributed by atoms with Crippen LogP contribution in [-0.4, -0.2) is 49.0 Å². The zero-order chi connectivity index (χ0) is 20.2. The minimum absolute atomic E-state index is 0.0270. The minimum atomic E-state index is 0.0270. The number of carbonyl (C=O) groups excluding carboxylic acids is 2. The Morgan fingerprint density at radius 2 is 1.76 bits per heavy atom. The summed E-state index contributed by atoms with van der Waals surface area (Å²) in [5.41, 5.74) is 8.38. The molecule has 2 N–H and O–H groups in total. The van der Waals surface area contributed by atoms with E-state index in [1.165, 1.54) is 5.56 Å². The third kappa shape index (κ3) is 4.12. The SMILES string of the molecule is NCCOc1ccc(C(=O)N2CCC(N3C(=O)CCc4ccccc43)CC2)cc1. The highest BCUT2D eigenvalue weighted by atomic mass is 16.5.